The standard InChI is InChI=1S/C54H38N2.C38H30/c1-5-13-45-35-51(31-23-41(45)9-1)55(52-32-24-42-10-2-6-14-46(42)36-52)49-27-19-39(20-28-49)17-18-40-21-29-50(30-22-40)56(53-33-25-43-11-3-7-15-47(43)37-53)54-34-26-44-12-4-8-16-48(44)38-54;1-38(2,3)31-20-21-34-35(24-31)37(30-19-17-26-11-5-7-13-28(26)23-30)33-15-9-8-14-32(33)36(34)29-18-16-25-10-4-6-12-27(25)22-29/h1-38H;4-24H,1-3H3/b18-17+;. The molecule has 0 atom stereocenters. The summed E-state index contributed by atoms with van der Waals surface area (Å²) in [7, 11) is 0. The normalized spacial score (nSPS) is 11.7. The van der Waals surface area contributed by atoms with Gasteiger partial charge in [0.15, 0.2) is 0 Å². The predicted octanol–water partition coefficient (Wildman–Crippen LogP) is 26.3. The molecule has 0 spiro atoms. The average Bonchev–Trinajstić information content (AvgIpc) is 0.731. The van der Waals surface area contributed by atoms with Crippen molar-refractivity contribution < 1.29 is 0 Å². The van der Waals surface area contributed by atoms with Gasteiger partial charge in [0.2, 0.25) is 0 Å². The van der Waals surface area contributed by atoms with Gasteiger partial charge >= 0.3 is 0 Å². The quantitative estimate of drug-likeness (QED) is 0.0995. The fourth-order valence-corrected chi connectivity index (χ4v) is 13.8. The minimum absolute atomic E-state index is 0.0591. The minimum atomic E-state index is 0.0591. The third kappa shape index (κ3) is 11.3. The summed E-state index contributed by atoms with van der Waals surface area (Å²) in [5, 5.41) is 20.1. The molecule has 0 saturated heterocycles. The van der Waals surface area contributed by atoms with Crippen molar-refractivity contribution in [3.63, 3.8) is 0 Å². The van der Waals surface area contributed by atoms with Crippen LogP contribution < -0.4 is 9.80 Å². The number of anilines is 6. The van der Waals surface area contributed by atoms with Gasteiger partial charge in [-0.3, -0.25) is 0 Å². The molecule has 0 heterocycles. The number of nitrogens with zero attached hydrogens (tertiary/aromatic N) is 2. The van der Waals surface area contributed by atoms with Crippen LogP contribution in [0, 0.1) is 0 Å². The number of fused-ring (bicyclic) bond motifs is 8. The molecule has 2 heteroatoms. The highest BCUT2D eigenvalue weighted by Crippen LogP contribution is 2.47. The van der Waals surface area contributed by atoms with E-state index in [2.05, 4.69) is 389 Å². The summed E-state index contributed by atoms with van der Waals surface area (Å²) in [5.74, 6) is 0. The second-order valence-electron chi connectivity index (χ2n) is 25.7. The predicted molar refractivity (Wildman–Crippen MR) is 407 cm³/mol. The maximum absolute atomic E-state index is 2.44. The van der Waals surface area contributed by atoms with Gasteiger partial charge in [-0.15, -0.1) is 0 Å². The Morgan fingerprint density at radius 2 is 0.479 bits per heavy atom. The molecule has 0 bridgehead atoms. The van der Waals surface area contributed by atoms with Crippen LogP contribution in [-0.2, 0) is 5.41 Å². The zero-order valence-corrected chi connectivity index (χ0v) is 53.0. The lowest BCUT2D eigenvalue weighted by molar-refractivity contribution is 0.591. The van der Waals surface area contributed by atoms with Crippen LogP contribution in [0.25, 0.3) is 121 Å². The Bertz CT molecular complexity index is 5370. The molecule has 0 aromatic heterocycles. The topological polar surface area (TPSA) is 6.48 Å². The van der Waals surface area contributed by atoms with Crippen molar-refractivity contribution in [3.05, 3.63) is 362 Å². The first-order chi connectivity index (χ1) is 46.2. The van der Waals surface area contributed by atoms with Gasteiger partial charge in [0, 0.05) is 34.1 Å². The van der Waals surface area contributed by atoms with Crippen molar-refractivity contribution in [1.82, 2.24) is 0 Å². The highest BCUT2D eigenvalue weighted by atomic mass is 15.1. The van der Waals surface area contributed by atoms with E-state index in [1.54, 1.807) is 0 Å². The summed E-state index contributed by atoms with van der Waals surface area (Å²) in [6.45, 7) is 6.90. The lowest BCUT2D eigenvalue weighted by Crippen LogP contribution is -2.10. The van der Waals surface area contributed by atoms with Crippen LogP contribution in [0.15, 0.2) is 346 Å². The minimum Gasteiger partial charge on any atom is -0.310 e. The lowest BCUT2D eigenvalue weighted by atomic mass is 9.81. The summed E-state index contributed by atoms with van der Waals surface area (Å²) in [6.07, 6.45) is 4.39. The van der Waals surface area contributed by atoms with Gasteiger partial charge in [0.25, 0.3) is 0 Å². The van der Waals surface area contributed by atoms with Gasteiger partial charge in [-0.1, -0.05) is 288 Å². The molecule has 94 heavy (non-hydrogen) atoms. The monoisotopic (exact) mass is 1200 g/mol. The van der Waals surface area contributed by atoms with Crippen LogP contribution >= 0.6 is 0 Å². The van der Waals surface area contributed by atoms with Crippen LogP contribution in [0.5, 0.6) is 0 Å². The summed E-state index contributed by atoms with van der Waals surface area (Å²) < 4.78 is 0. The number of hydrogen-bond donors (Lipinski definition) is 0. The zero-order valence-electron chi connectivity index (χ0n) is 53.0. The Labute approximate surface area is 549 Å². The molecule has 0 aliphatic heterocycles. The highest BCUT2D eigenvalue weighted by Gasteiger charge is 2.22. The van der Waals surface area contributed by atoms with Crippen molar-refractivity contribution >= 4 is 132 Å². The molecule has 0 N–H and O–H groups in total. The second kappa shape index (κ2) is 24.4. The SMILES string of the molecule is C(=C\c1ccc(N(c2ccc3ccccc3c2)c2ccc3ccccc3c2)cc1)/c1ccc(N(c2ccc3ccccc3c2)c2ccc3ccccc3c2)cc1.CC(C)(C)c1ccc2c(-c3ccc4ccccc4c3)c3ccccc3c(-c3ccc4ccccc4c3)c2c1. The van der Waals surface area contributed by atoms with Crippen molar-refractivity contribution in [3.8, 4) is 22.3 Å². The number of benzene rings is 17. The smallest absolute Gasteiger partial charge is 0.0468 e. The molecule has 0 fully saturated rings. The lowest BCUT2D eigenvalue weighted by Gasteiger charge is -2.26. The van der Waals surface area contributed by atoms with E-state index >= 15 is 0 Å². The Balaban J connectivity index is 0.000000160. The molecule has 0 saturated carbocycles. The fraction of sp³-hybridized carbons (Fsp3) is 0.0435. The third-order valence-corrected chi connectivity index (χ3v) is 18.7. The van der Waals surface area contributed by atoms with Gasteiger partial charge in [-0.2, -0.15) is 0 Å². The van der Waals surface area contributed by atoms with Crippen LogP contribution in [0.1, 0.15) is 37.5 Å². The summed E-state index contributed by atoms with van der Waals surface area (Å²) in [5.41, 5.74) is 15.6. The van der Waals surface area contributed by atoms with Crippen LogP contribution in [0.4, 0.5) is 34.1 Å². The third-order valence-electron chi connectivity index (χ3n) is 18.7. The molecule has 17 aromatic rings. The molecule has 17 aromatic carbocycles. The first-order valence-corrected chi connectivity index (χ1v) is 32.6. The van der Waals surface area contributed by atoms with E-state index in [9.17, 15) is 0 Å². The molecule has 446 valence electrons. The van der Waals surface area contributed by atoms with E-state index in [4.69, 9.17) is 0 Å². The van der Waals surface area contributed by atoms with Crippen molar-refractivity contribution in [2.75, 3.05) is 9.80 Å². The molecule has 0 aliphatic rings. The Kier molecular flexibility index (Phi) is 14.9. The van der Waals surface area contributed by atoms with Gasteiger partial charge in [-0.05, 0) is 222 Å². The maximum atomic E-state index is 2.44. The van der Waals surface area contributed by atoms with E-state index in [1.807, 2.05) is 0 Å². The van der Waals surface area contributed by atoms with Crippen LogP contribution in [-0.4, -0.2) is 0 Å². The van der Waals surface area contributed by atoms with Crippen molar-refractivity contribution in [2.45, 2.75) is 26.2 Å². The van der Waals surface area contributed by atoms with Crippen LogP contribution in [0.2, 0.25) is 0 Å². The molecule has 2 nitrogen and oxygen atoms in total. The summed E-state index contributed by atoms with van der Waals surface area (Å²) >= 11 is 0. The fourth-order valence-electron chi connectivity index (χ4n) is 13.8. The molecule has 17 rings (SSSR count). The maximum Gasteiger partial charge on any atom is 0.0468 e. The van der Waals surface area contributed by atoms with Crippen molar-refractivity contribution in [1.29, 1.82) is 0 Å². The first-order valence-electron chi connectivity index (χ1n) is 32.6. The number of rotatable bonds is 10. The van der Waals surface area contributed by atoms with Gasteiger partial charge in [0.05, 0.1) is 0 Å². The molecule has 0 unspecified atom stereocenters. The molecule has 0 radical (unpaired) electrons. The molecular weight excluding hydrogens is 1130 g/mol. The van der Waals surface area contributed by atoms with Crippen LogP contribution in [0.3, 0.4) is 0 Å². The molecule has 0 amide bonds. The average molecular weight is 1200 g/mol. The Morgan fingerprint density at radius 1 is 0.213 bits per heavy atom. The van der Waals surface area contributed by atoms with E-state index in [0.29, 0.717) is 0 Å². The first kappa shape index (κ1) is 57.3. The highest BCUT2D eigenvalue weighted by molar-refractivity contribution is 6.22. The van der Waals surface area contributed by atoms with Gasteiger partial charge in [-0.25, -0.2) is 0 Å². The van der Waals surface area contributed by atoms with E-state index in [0.717, 1.165) is 45.3 Å². The van der Waals surface area contributed by atoms with Gasteiger partial charge < -0.3 is 9.80 Å². The Morgan fingerprint density at radius 3 is 0.809 bits per heavy atom. The molecule has 0 aliphatic carbocycles. The van der Waals surface area contributed by atoms with Crippen molar-refractivity contribution in [2.24, 2.45) is 0 Å². The molecular formula is C92H68N2. The number of hydrogen-bond acceptors (Lipinski definition) is 2. The van der Waals surface area contributed by atoms with Gasteiger partial charge in [0.1, 0.15) is 0 Å². The largest absolute Gasteiger partial charge is 0.310 e. The summed E-state index contributed by atoms with van der Waals surface area (Å²) in [4.78, 5) is 4.70. The Hall–Kier alpha value is -11.8. The van der Waals surface area contributed by atoms with E-state index < -0.39 is 0 Å². The van der Waals surface area contributed by atoms with E-state index in [-0.39, 0.29) is 5.41 Å². The zero-order chi connectivity index (χ0) is 63.1. The summed E-state index contributed by atoms with van der Waals surface area (Å²) in [6, 6.07) is 126. The van der Waals surface area contributed by atoms with E-state index in [1.165, 1.54) is 114 Å². The second-order valence-corrected chi connectivity index (χ2v) is 25.7.